The number of hydrogen-bond donors (Lipinski definition) is 1. The molecule has 144 valence electrons. The van der Waals surface area contributed by atoms with Gasteiger partial charge in [-0.2, -0.15) is 0 Å². The lowest BCUT2D eigenvalue weighted by Crippen LogP contribution is -2.46. The van der Waals surface area contributed by atoms with Crippen LogP contribution in [0.3, 0.4) is 0 Å². The van der Waals surface area contributed by atoms with Gasteiger partial charge in [0.1, 0.15) is 10.8 Å². The number of benzene rings is 2. The summed E-state index contributed by atoms with van der Waals surface area (Å²) in [5.41, 5.74) is 1.61. The van der Waals surface area contributed by atoms with Crippen LogP contribution < -0.4 is 9.64 Å². The number of anilines is 1. The van der Waals surface area contributed by atoms with Gasteiger partial charge >= 0.3 is 5.97 Å². The van der Waals surface area contributed by atoms with Gasteiger partial charge in [-0.3, -0.25) is 14.5 Å². The van der Waals surface area contributed by atoms with Gasteiger partial charge in [-0.05, 0) is 24.6 Å². The van der Waals surface area contributed by atoms with Crippen LogP contribution in [-0.2, 0) is 16.1 Å². The second kappa shape index (κ2) is 6.83. The van der Waals surface area contributed by atoms with Crippen LogP contribution in [-0.4, -0.2) is 28.1 Å². The number of nitrogens with zero attached hydrogens (tertiary/aromatic N) is 2. The van der Waals surface area contributed by atoms with E-state index in [9.17, 15) is 18.4 Å². The second-order valence-corrected chi connectivity index (χ2v) is 7.51. The molecule has 0 radical (unpaired) electrons. The van der Waals surface area contributed by atoms with Crippen molar-refractivity contribution >= 4 is 39.1 Å². The Hall–Kier alpha value is -3.07. The van der Waals surface area contributed by atoms with Crippen LogP contribution in [0.4, 0.5) is 14.5 Å². The largest absolute Gasteiger partial charge is 0.481 e. The third kappa shape index (κ3) is 3.18. The molecular weight excluding hydrogens is 390 g/mol. The van der Waals surface area contributed by atoms with E-state index in [-0.39, 0.29) is 6.54 Å². The highest BCUT2D eigenvalue weighted by Gasteiger charge is 2.37. The number of thiazole rings is 1. The van der Waals surface area contributed by atoms with Crippen LogP contribution in [0, 0.1) is 18.6 Å². The van der Waals surface area contributed by atoms with Gasteiger partial charge < -0.3 is 9.84 Å². The zero-order valence-corrected chi connectivity index (χ0v) is 15.4. The highest BCUT2D eigenvalue weighted by Crippen LogP contribution is 2.39. The quantitative estimate of drug-likeness (QED) is 0.718. The Morgan fingerprint density at radius 1 is 1.32 bits per heavy atom. The summed E-state index contributed by atoms with van der Waals surface area (Å²) in [6, 6.07) is 7.31. The number of halogens is 2. The van der Waals surface area contributed by atoms with E-state index in [4.69, 9.17) is 9.84 Å². The lowest BCUT2D eigenvalue weighted by Gasteiger charge is -2.34. The first-order valence-corrected chi connectivity index (χ1v) is 9.19. The fourth-order valence-electron chi connectivity index (χ4n) is 3.18. The van der Waals surface area contributed by atoms with Crippen molar-refractivity contribution in [3.8, 4) is 5.75 Å². The number of fused-ring (bicyclic) bond motifs is 2. The molecule has 0 spiro atoms. The molecule has 1 N–H and O–H groups in total. The van der Waals surface area contributed by atoms with E-state index in [1.807, 2.05) is 13.0 Å². The van der Waals surface area contributed by atoms with Crippen LogP contribution >= 0.6 is 11.3 Å². The predicted molar refractivity (Wildman–Crippen MR) is 98.6 cm³/mol. The Morgan fingerprint density at radius 3 is 2.82 bits per heavy atom. The van der Waals surface area contributed by atoms with E-state index in [0.29, 0.717) is 26.7 Å². The molecule has 2 aromatic carbocycles. The summed E-state index contributed by atoms with van der Waals surface area (Å²) >= 11 is 1.14. The standard InChI is InChI=1S/C19H14F2N2O4S/c1-9-3-2-4-13-18(9)23(19(26)14(27-13)7-17(24)25)8-16-22-12-5-10(20)11(21)6-15(12)28-16/h2-6,14H,7-8H2,1H3,(H,24,25). The molecule has 6 nitrogen and oxygen atoms in total. The second-order valence-electron chi connectivity index (χ2n) is 6.39. The van der Waals surface area contributed by atoms with Crippen molar-refractivity contribution in [2.24, 2.45) is 0 Å². The van der Waals surface area contributed by atoms with Crippen molar-refractivity contribution < 1.29 is 28.2 Å². The number of aryl methyl sites for hydroxylation is 1. The molecule has 2 heterocycles. The van der Waals surface area contributed by atoms with Crippen LogP contribution in [0.5, 0.6) is 5.75 Å². The summed E-state index contributed by atoms with van der Waals surface area (Å²) in [5, 5.41) is 9.55. The van der Waals surface area contributed by atoms with Crippen molar-refractivity contribution in [3.63, 3.8) is 0 Å². The number of hydrogen-bond acceptors (Lipinski definition) is 5. The number of para-hydroxylation sites is 1. The van der Waals surface area contributed by atoms with Crippen molar-refractivity contribution in [3.05, 3.63) is 52.5 Å². The predicted octanol–water partition coefficient (Wildman–Crippen LogP) is 3.65. The van der Waals surface area contributed by atoms with Gasteiger partial charge in [0.2, 0.25) is 0 Å². The third-order valence-electron chi connectivity index (χ3n) is 4.41. The van der Waals surface area contributed by atoms with Gasteiger partial charge in [0.05, 0.1) is 28.9 Å². The summed E-state index contributed by atoms with van der Waals surface area (Å²) in [6.07, 6.45) is -1.63. The van der Waals surface area contributed by atoms with E-state index in [1.165, 1.54) is 4.90 Å². The third-order valence-corrected chi connectivity index (χ3v) is 5.41. The minimum Gasteiger partial charge on any atom is -0.481 e. The van der Waals surface area contributed by atoms with Crippen LogP contribution in [0.1, 0.15) is 17.0 Å². The van der Waals surface area contributed by atoms with E-state index in [0.717, 1.165) is 29.0 Å². The molecule has 0 fully saturated rings. The SMILES string of the molecule is Cc1cccc2c1N(Cc1nc3cc(F)c(F)cc3s1)C(=O)C(CC(=O)O)O2. The van der Waals surface area contributed by atoms with Gasteiger partial charge in [0, 0.05) is 6.07 Å². The van der Waals surface area contributed by atoms with Crippen molar-refractivity contribution in [2.75, 3.05) is 4.90 Å². The Labute approximate surface area is 162 Å². The van der Waals surface area contributed by atoms with Gasteiger partial charge in [0.25, 0.3) is 5.91 Å². The maximum Gasteiger partial charge on any atom is 0.307 e. The molecule has 4 rings (SSSR count). The molecule has 1 aliphatic heterocycles. The number of carboxylic acid groups (broad SMARTS) is 1. The molecular formula is C19H14F2N2O4S. The average molecular weight is 404 g/mol. The van der Waals surface area contributed by atoms with Crippen molar-refractivity contribution in [1.82, 2.24) is 4.98 Å². The van der Waals surface area contributed by atoms with Gasteiger partial charge in [-0.1, -0.05) is 12.1 Å². The van der Waals surface area contributed by atoms with Gasteiger partial charge in [-0.15, -0.1) is 11.3 Å². The van der Waals surface area contributed by atoms with Crippen molar-refractivity contribution in [2.45, 2.75) is 26.0 Å². The Balaban J connectivity index is 1.74. The Bertz CT molecular complexity index is 1080. The number of amides is 1. The fourth-order valence-corrected chi connectivity index (χ4v) is 4.14. The maximum absolute atomic E-state index is 13.5. The number of carboxylic acids is 1. The summed E-state index contributed by atoms with van der Waals surface area (Å²) in [7, 11) is 0. The molecule has 3 aromatic rings. The molecule has 1 amide bonds. The summed E-state index contributed by atoms with van der Waals surface area (Å²) in [4.78, 5) is 29.7. The molecule has 0 aliphatic carbocycles. The minimum atomic E-state index is -1.16. The molecule has 0 saturated heterocycles. The fraction of sp³-hybridized carbons (Fsp3) is 0.211. The highest BCUT2D eigenvalue weighted by molar-refractivity contribution is 7.18. The molecule has 0 bridgehead atoms. The Morgan fingerprint density at radius 2 is 2.07 bits per heavy atom. The first kappa shape index (κ1) is 18.3. The number of ether oxygens (including phenoxy) is 1. The molecule has 1 unspecified atom stereocenters. The molecule has 1 aliphatic rings. The van der Waals surface area contributed by atoms with Crippen molar-refractivity contribution in [1.29, 1.82) is 0 Å². The normalized spacial score (nSPS) is 16.2. The summed E-state index contributed by atoms with van der Waals surface area (Å²) in [6.45, 7) is 1.85. The van der Waals surface area contributed by atoms with E-state index < -0.39 is 36.0 Å². The number of carbonyl (C=O) groups is 2. The lowest BCUT2D eigenvalue weighted by atomic mass is 10.1. The van der Waals surface area contributed by atoms with E-state index in [2.05, 4.69) is 4.98 Å². The lowest BCUT2D eigenvalue weighted by molar-refractivity contribution is -0.142. The first-order chi connectivity index (χ1) is 13.3. The van der Waals surface area contributed by atoms with E-state index >= 15 is 0 Å². The Kier molecular flexibility index (Phi) is 4.46. The maximum atomic E-state index is 13.5. The monoisotopic (exact) mass is 404 g/mol. The van der Waals surface area contributed by atoms with Crippen LogP contribution in [0.15, 0.2) is 30.3 Å². The van der Waals surface area contributed by atoms with Gasteiger partial charge in [0.15, 0.2) is 17.7 Å². The molecule has 0 saturated carbocycles. The van der Waals surface area contributed by atoms with Crippen LogP contribution in [0.2, 0.25) is 0 Å². The minimum absolute atomic E-state index is 0.0404. The zero-order valence-electron chi connectivity index (χ0n) is 14.6. The number of aliphatic carboxylic acids is 1. The average Bonchev–Trinajstić information content (AvgIpc) is 2.99. The molecule has 9 heteroatoms. The topological polar surface area (TPSA) is 79.7 Å². The summed E-state index contributed by atoms with van der Waals surface area (Å²) < 4.78 is 33.0. The van der Waals surface area contributed by atoms with Gasteiger partial charge in [-0.25, -0.2) is 13.8 Å². The summed E-state index contributed by atoms with van der Waals surface area (Å²) in [5.74, 6) is -3.20. The molecule has 1 atom stereocenters. The smallest absolute Gasteiger partial charge is 0.307 e. The van der Waals surface area contributed by atoms with Crippen LogP contribution in [0.25, 0.3) is 10.2 Å². The molecule has 28 heavy (non-hydrogen) atoms. The molecule has 1 aromatic heterocycles. The zero-order chi connectivity index (χ0) is 20.0. The number of carbonyl (C=O) groups excluding carboxylic acids is 1. The number of aromatic nitrogens is 1. The highest BCUT2D eigenvalue weighted by atomic mass is 32.1. The number of rotatable bonds is 4. The first-order valence-electron chi connectivity index (χ1n) is 8.37. The van der Waals surface area contributed by atoms with E-state index in [1.54, 1.807) is 12.1 Å².